The number of benzene rings is 3. The van der Waals surface area contributed by atoms with Gasteiger partial charge in [0.25, 0.3) is 0 Å². The van der Waals surface area contributed by atoms with E-state index in [-0.39, 0.29) is 10.6 Å². The van der Waals surface area contributed by atoms with E-state index in [9.17, 15) is 8.42 Å². The first-order valence-electron chi connectivity index (χ1n) is 7.92. The Morgan fingerprint density at radius 3 is 2.32 bits per heavy atom. The van der Waals surface area contributed by atoms with Crippen LogP contribution in [0.1, 0.15) is 11.1 Å². The molecule has 5 heteroatoms. The molecule has 0 aliphatic carbocycles. The summed E-state index contributed by atoms with van der Waals surface area (Å²) >= 11 is 0. The van der Waals surface area contributed by atoms with Crippen LogP contribution in [-0.4, -0.2) is 8.42 Å². The van der Waals surface area contributed by atoms with Crippen molar-refractivity contribution in [1.82, 2.24) is 0 Å². The van der Waals surface area contributed by atoms with Crippen molar-refractivity contribution in [2.24, 2.45) is 0 Å². The fourth-order valence-corrected chi connectivity index (χ4v) is 3.26. The molecule has 0 atom stereocenters. The number of nitrogens with one attached hydrogen (secondary N) is 1. The van der Waals surface area contributed by atoms with Crippen LogP contribution in [0, 0.1) is 6.92 Å². The van der Waals surface area contributed by atoms with Crippen molar-refractivity contribution in [2.45, 2.75) is 18.4 Å². The molecule has 3 aromatic carbocycles. The van der Waals surface area contributed by atoms with Crippen molar-refractivity contribution in [2.75, 3.05) is 5.32 Å². The number of rotatable bonds is 6. The average Bonchev–Trinajstić information content (AvgIpc) is 2.61. The maximum Gasteiger partial charge on any atom is 0.339 e. The molecule has 25 heavy (non-hydrogen) atoms. The molecule has 0 fully saturated rings. The molecule has 4 nitrogen and oxygen atoms in total. The Kier molecular flexibility index (Phi) is 5.05. The fraction of sp³-hybridized carbons (Fsp3) is 0.100. The lowest BCUT2D eigenvalue weighted by Crippen LogP contribution is -2.10. The zero-order valence-electron chi connectivity index (χ0n) is 13.8. The zero-order chi connectivity index (χ0) is 17.7. The zero-order valence-corrected chi connectivity index (χ0v) is 14.7. The molecule has 0 spiro atoms. The minimum absolute atomic E-state index is 0.140. The molecule has 1 N–H and O–H groups in total. The molecule has 0 amide bonds. The summed E-state index contributed by atoms with van der Waals surface area (Å²) in [5.41, 5.74) is 2.92. The van der Waals surface area contributed by atoms with E-state index in [4.69, 9.17) is 4.18 Å². The molecular weight excluding hydrogens is 334 g/mol. The van der Waals surface area contributed by atoms with Gasteiger partial charge >= 0.3 is 10.1 Å². The molecule has 0 heterocycles. The monoisotopic (exact) mass is 353 g/mol. The summed E-state index contributed by atoms with van der Waals surface area (Å²) in [4.78, 5) is 0.140. The van der Waals surface area contributed by atoms with Crippen molar-refractivity contribution in [3.8, 4) is 5.75 Å². The smallest absolute Gasteiger partial charge is 0.339 e. The van der Waals surface area contributed by atoms with E-state index in [0.717, 1.165) is 16.8 Å². The van der Waals surface area contributed by atoms with Crippen molar-refractivity contribution in [3.05, 3.63) is 90.0 Å². The molecule has 3 aromatic rings. The van der Waals surface area contributed by atoms with Crippen LogP contribution in [0.15, 0.2) is 83.8 Å². The van der Waals surface area contributed by atoms with E-state index in [1.165, 1.54) is 0 Å². The third-order valence-corrected chi connectivity index (χ3v) is 4.95. The second-order valence-electron chi connectivity index (χ2n) is 5.72. The van der Waals surface area contributed by atoms with Crippen LogP contribution in [0.3, 0.4) is 0 Å². The highest BCUT2D eigenvalue weighted by atomic mass is 32.2. The lowest BCUT2D eigenvalue weighted by Gasteiger charge is -2.10. The largest absolute Gasteiger partial charge is 0.381 e. The quantitative estimate of drug-likeness (QED) is 0.669. The Hall–Kier alpha value is -2.79. The Morgan fingerprint density at radius 2 is 1.60 bits per heavy atom. The summed E-state index contributed by atoms with van der Waals surface area (Å²) in [6.45, 7) is 2.55. The topological polar surface area (TPSA) is 55.4 Å². The second-order valence-corrected chi connectivity index (χ2v) is 7.26. The number of hydrogen-bond acceptors (Lipinski definition) is 4. The summed E-state index contributed by atoms with van der Waals surface area (Å²) in [6, 6.07) is 23.5. The lowest BCUT2D eigenvalue weighted by molar-refractivity contribution is 0.486. The Balaban J connectivity index is 1.72. The first kappa shape index (κ1) is 17.0. The van der Waals surface area contributed by atoms with Gasteiger partial charge in [0, 0.05) is 18.3 Å². The molecule has 128 valence electrons. The Bertz CT molecular complexity index is 936. The highest BCUT2D eigenvalue weighted by Crippen LogP contribution is 2.22. The van der Waals surface area contributed by atoms with Gasteiger partial charge in [-0.2, -0.15) is 8.42 Å². The number of anilines is 1. The highest BCUT2D eigenvalue weighted by Gasteiger charge is 2.16. The summed E-state index contributed by atoms with van der Waals surface area (Å²) in [5.74, 6) is 0.277. The third kappa shape index (κ3) is 4.61. The van der Waals surface area contributed by atoms with Crippen LogP contribution in [0.25, 0.3) is 0 Å². The van der Waals surface area contributed by atoms with Crippen LogP contribution in [-0.2, 0) is 16.7 Å². The Labute approximate surface area is 148 Å². The summed E-state index contributed by atoms with van der Waals surface area (Å²) in [5, 5.41) is 3.26. The molecule has 0 radical (unpaired) electrons. The van der Waals surface area contributed by atoms with E-state index in [1.54, 1.807) is 42.5 Å². The first-order valence-corrected chi connectivity index (χ1v) is 9.33. The SMILES string of the molecule is Cc1ccc(S(=O)(=O)Oc2cccc(NCc3ccccc3)c2)cc1. The first-order chi connectivity index (χ1) is 12.0. The molecule has 0 saturated carbocycles. The van der Waals surface area contributed by atoms with Crippen molar-refractivity contribution >= 4 is 15.8 Å². The normalized spacial score (nSPS) is 11.1. The third-order valence-electron chi connectivity index (χ3n) is 3.69. The van der Waals surface area contributed by atoms with Gasteiger partial charge in [-0.15, -0.1) is 0 Å². The maximum absolute atomic E-state index is 12.4. The van der Waals surface area contributed by atoms with E-state index in [2.05, 4.69) is 5.32 Å². The van der Waals surface area contributed by atoms with Crippen molar-refractivity contribution in [3.63, 3.8) is 0 Å². The van der Waals surface area contributed by atoms with Gasteiger partial charge in [-0.05, 0) is 36.8 Å². The van der Waals surface area contributed by atoms with Crippen molar-refractivity contribution < 1.29 is 12.6 Å². The van der Waals surface area contributed by atoms with E-state index < -0.39 is 10.1 Å². The molecule has 0 saturated heterocycles. The molecule has 0 aliphatic heterocycles. The van der Waals surface area contributed by atoms with Crippen LogP contribution in [0.2, 0.25) is 0 Å². The van der Waals surface area contributed by atoms with Gasteiger partial charge in [-0.1, -0.05) is 54.1 Å². The second kappa shape index (κ2) is 7.40. The summed E-state index contributed by atoms with van der Waals surface area (Å²) in [7, 11) is -3.84. The molecule has 0 aliphatic rings. The average molecular weight is 353 g/mol. The van der Waals surface area contributed by atoms with Crippen molar-refractivity contribution in [1.29, 1.82) is 0 Å². The Morgan fingerprint density at radius 1 is 0.880 bits per heavy atom. The van der Waals surface area contributed by atoms with Gasteiger partial charge in [0.2, 0.25) is 0 Å². The van der Waals surface area contributed by atoms with Crippen LogP contribution in [0.4, 0.5) is 5.69 Å². The lowest BCUT2D eigenvalue weighted by atomic mass is 10.2. The van der Waals surface area contributed by atoms with Gasteiger partial charge in [0.05, 0.1) is 0 Å². The summed E-state index contributed by atoms with van der Waals surface area (Å²) < 4.78 is 30.0. The molecular formula is C20H19NO3S. The van der Waals surface area contributed by atoms with Gasteiger partial charge in [-0.3, -0.25) is 0 Å². The molecule has 3 rings (SSSR count). The predicted molar refractivity (Wildman–Crippen MR) is 99.2 cm³/mol. The fourth-order valence-electron chi connectivity index (χ4n) is 2.34. The predicted octanol–water partition coefficient (Wildman–Crippen LogP) is 4.37. The van der Waals surface area contributed by atoms with Gasteiger partial charge < -0.3 is 9.50 Å². The van der Waals surface area contributed by atoms with Gasteiger partial charge in [-0.25, -0.2) is 0 Å². The van der Waals surface area contributed by atoms with Gasteiger partial charge in [0.15, 0.2) is 0 Å². The minimum atomic E-state index is -3.84. The van der Waals surface area contributed by atoms with E-state index >= 15 is 0 Å². The number of hydrogen-bond donors (Lipinski definition) is 1. The highest BCUT2D eigenvalue weighted by molar-refractivity contribution is 7.87. The standard InChI is InChI=1S/C20H19NO3S/c1-16-10-12-20(13-11-16)25(22,23)24-19-9-5-8-18(14-19)21-15-17-6-3-2-4-7-17/h2-14,21H,15H2,1H3. The number of aryl methyl sites for hydroxylation is 1. The van der Waals surface area contributed by atoms with E-state index in [0.29, 0.717) is 6.54 Å². The van der Waals surface area contributed by atoms with Crippen LogP contribution < -0.4 is 9.50 Å². The van der Waals surface area contributed by atoms with Crippen LogP contribution in [0.5, 0.6) is 5.75 Å². The molecule has 0 aromatic heterocycles. The minimum Gasteiger partial charge on any atom is -0.381 e. The van der Waals surface area contributed by atoms with Gasteiger partial charge in [0.1, 0.15) is 10.6 Å². The molecule has 0 unspecified atom stereocenters. The maximum atomic E-state index is 12.4. The summed E-state index contributed by atoms with van der Waals surface area (Å²) in [6.07, 6.45) is 0. The van der Waals surface area contributed by atoms with Crippen LogP contribution >= 0.6 is 0 Å². The molecule has 0 bridgehead atoms. The van der Waals surface area contributed by atoms with E-state index in [1.807, 2.05) is 43.3 Å².